The lowest BCUT2D eigenvalue weighted by Gasteiger charge is -2.28. The largest absolute Gasteiger partial charge is 0.378 e. The number of hydrogen-bond donors (Lipinski definition) is 1. The molecule has 0 amide bonds. The first-order valence-corrected chi connectivity index (χ1v) is 6.21. The first kappa shape index (κ1) is 11.1. The molecule has 1 atom stereocenters. The summed E-state index contributed by atoms with van der Waals surface area (Å²) in [5.41, 5.74) is 0.890. The maximum Gasteiger partial charge on any atom is 0.302 e. The van der Waals surface area contributed by atoms with Crippen molar-refractivity contribution in [1.29, 1.82) is 0 Å². The lowest BCUT2D eigenvalue weighted by atomic mass is 10.3. The van der Waals surface area contributed by atoms with Gasteiger partial charge in [-0.25, -0.2) is 0 Å². The Morgan fingerprint density at radius 3 is 2.94 bits per heavy atom. The van der Waals surface area contributed by atoms with Gasteiger partial charge < -0.3 is 9.64 Å². The van der Waals surface area contributed by atoms with E-state index in [4.69, 9.17) is 10.6 Å². The van der Waals surface area contributed by atoms with E-state index in [0.717, 1.165) is 37.8 Å². The SMILES string of the molecule is N[N+]12C=CN=CC1=C(N1CCOCC1)N=C2Br. The molecule has 0 aromatic heterocycles. The Labute approximate surface area is 107 Å². The maximum atomic E-state index is 6.27. The third kappa shape index (κ3) is 1.66. The number of nitrogens with two attached hydrogens (primary N) is 1. The van der Waals surface area contributed by atoms with Gasteiger partial charge >= 0.3 is 4.74 Å². The van der Waals surface area contributed by atoms with Gasteiger partial charge in [-0.05, 0) is 0 Å². The number of amidine groups is 1. The van der Waals surface area contributed by atoms with E-state index in [-0.39, 0.29) is 4.59 Å². The Bertz CT molecular complexity index is 463. The summed E-state index contributed by atoms with van der Waals surface area (Å²) in [6.07, 6.45) is 5.25. The van der Waals surface area contributed by atoms with E-state index >= 15 is 0 Å². The smallest absolute Gasteiger partial charge is 0.302 e. The van der Waals surface area contributed by atoms with Crippen LogP contribution in [0.5, 0.6) is 0 Å². The number of nitrogens with zero attached hydrogens (tertiary/aromatic N) is 4. The van der Waals surface area contributed by atoms with Gasteiger partial charge in [-0.1, -0.05) is 0 Å². The summed E-state index contributed by atoms with van der Waals surface area (Å²) < 4.78 is 6.08. The molecular formula is C10H13BrN5O+. The highest BCUT2D eigenvalue weighted by atomic mass is 79.9. The number of ether oxygens (including phenoxy) is 1. The van der Waals surface area contributed by atoms with Gasteiger partial charge in [0.1, 0.15) is 6.20 Å². The van der Waals surface area contributed by atoms with Crippen LogP contribution in [0, 0.1) is 0 Å². The normalized spacial score (nSPS) is 31.9. The van der Waals surface area contributed by atoms with Crippen LogP contribution in [0.2, 0.25) is 0 Å². The van der Waals surface area contributed by atoms with Gasteiger partial charge in [0.15, 0.2) is 0 Å². The number of allylic oxidation sites excluding steroid dienone is 1. The molecule has 0 bridgehead atoms. The van der Waals surface area contributed by atoms with Crippen LogP contribution in [0.1, 0.15) is 0 Å². The fraction of sp³-hybridized carbons (Fsp3) is 0.400. The van der Waals surface area contributed by atoms with Crippen LogP contribution in [0.3, 0.4) is 0 Å². The quantitative estimate of drug-likeness (QED) is 0.436. The van der Waals surface area contributed by atoms with Gasteiger partial charge in [-0.3, -0.25) is 4.99 Å². The van der Waals surface area contributed by atoms with Crippen molar-refractivity contribution in [2.24, 2.45) is 15.8 Å². The van der Waals surface area contributed by atoms with Gasteiger partial charge in [0.25, 0.3) is 0 Å². The number of aliphatic imine (C=N–C) groups is 2. The molecule has 3 aliphatic heterocycles. The summed E-state index contributed by atoms with van der Waals surface area (Å²) in [5.74, 6) is 7.16. The third-order valence-electron chi connectivity index (χ3n) is 3.03. The minimum absolute atomic E-state index is 0.0657. The zero-order chi connectivity index (χ0) is 11.9. The second kappa shape index (κ2) is 4.02. The third-order valence-corrected chi connectivity index (χ3v) is 3.79. The van der Waals surface area contributed by atoms with E-state index in [1.54, 1.807) is 18.6 Å². The molecule has 1 saturated heterocycles. The molecule has 0 spiro atoms. The molecule has 3 heterocycles. The minimum atomic E-state index is 0.0657. The van der Waals surface area contributed by atoms with Crippen molar-refractivity contribution < 1.29 is 9.33 Å². The Hall–Kier alpha value is -1.02. The number of morpholine rings is 1. The fourth-order valence-corrected chi connectivity index (χ4v) is 2.53. The minimum Gasteiger partial charge on any atom is -0.378 e. The van der Waals surface area contributed by atoms with Crippen LogP contribution in [-0.4, -0.2) is 46.8 Å². The molecule has 0 aromatic carbocycles. The van der Waals surface area contributed by atoms with E-state index in [2.05, 4.69) is 30.8 Å². The van der Waals surface area contributed by atoms with Gasteiger partial charge in [0.2, 0.25) is 11.5 Å². The average Bonchev–Trinajstić information content (AvgIpc) is 2.63. The van der Waals surface area contributed by atoms with Gasteiger partial charge in [0.05, 0.1) is 25.6 Å². The van der Waals surface area contributed by atoms with Gasteiger partial charge in [-0.15, -0.1) is 4.59 Å². The highest BCUT2D eigenvalue weighted by Gasteiger charge is 2.43. The molecule has 0 saturated carbocycles. The maximum absolute atomic E-state index is 6.27. The summed E-state index contributed by atoms with van der Waals surface area (Å²) in [7, 11) is 0. The first-order valence-electron chi connectivity index (χ1n) is 5.42. The average molecular weight is 299 g/mol. The Morgan fingerprint density at radius 1 is 1.41 bits per heavy atom. The molecule has 17 heavy (non-hydrogen) atoms. The molecule has 3 rings (SSSR count). The van der Waals surface area contributed by atoms with Crippen molar-refractivity contribution in [2.75, 3.05) is 26.3 Å². The number of hydrogen-bond acceptors (Lipinski definition) is 5. The molecule has 6 nitrogen and oxygen atoms in total. The van der Waals surface area contributed by atoms with Crippen molar-refractivity contribution in [3.63, 3.8) is 0 Å². The molecule has 90 valence electrons. The second-order valence-electron chi connectivity index (χ2n) is 4.04. The molecule has 1 unspecified atom stereocenters. The predicted octanol–water partition coefficient (Wildman–Crippen LogP) is 0.498. The molecule has 1 fully saturated rings. The van der Waals surface area contributed by atoms with E-state index in [1.807, 2.05) is 0 Å². The summed E-state index contributed by atoms with van der Waals surface area (Å²) in [6.45, 7) is 3.11. The van der Waals surface area contributed by atoms with E-state index in [1.165, 1.54) is 0 Å². The predicted molar refractivity (Wildman–Crippen MR) is 67.9 cm³/mol. The van der Waals surface area contributed by atoms with Crippen molar-refractivity contribution in [2.45, 2.75) is 0 Å². The number of fused-ring (bicyclic) bond motifs is 1. The second-order valence-corrected chi connectivity index (χ2v) is 4.75. The van der Waals surface area contributed by atoms with Crippen LogP contribution in [0.4, 0.5) is 0 Å². The highest BCUT2D eigenvalue weighted by molar-refractivity contribution is 9.18. The zero-order valence-corrected chi connectivity index (χ0v) is 10.8. The van der Waals surface area contributed by atoms with Crippen molar-refractivity contribution in [3.05, 3.63) is 23.9 Å². The van der Waals surface area contributed by atoms with E-state index in [0.29, 0.717) is 4.74 Å². The standard InChI is InChI=1S/C10H13BrN5O/c11-10-14-9(15-2-5-17-6-3-15)8-7-13-1-4-16(8,10)12/h1,4,7H,2-3,5-6,12H2/q+1. The highest BCUT2D eigenvalue weighted by Crippen LogP contribution is 2.31. The van der Waals surface area contributed by atoms with Crippen molar-refractivity contribution >= 4 is 26.9 Å². The van der Waals surface area contributed by atoms with Crippen LogP contribution >= 0.6 is 15.9 Å². The first-order chi connectivity index (χ1) is 8.22. The number of quaternary nitrogens is 1. The molecule has 0 aromatic rings. The summed E-state index contributed by atoms with van der Waals surface area (Å²) >= 11 is 3.43. The lowest BCUT2D eigenvalue weighted by molar-refractivity contribution is -0.746. The molecule has 3 aliphatic rings. The van der Waals surface area contributed by atoms with E-state index in [9.17, 15) is 0 Å². The molecule has 0 radical (unpaired) electrons. The van der Waals surface area contributed by atoms with Crippen molar-refractivity contribution in [3.8, 4) is 0 Å². The summed E-state index contributed by atoms with van der Waals surface area (Å²) in [4.78, 5) is 10.8. The topological polar surface area (TPSA) is 63.2 Å². The van der Waals surface area contributed by atoms with Gasteiger partial charge in [0, 0.05) is 29.0 Å². The Morgan fingerprint density at radius 2 is 2.18 bits per heavy atom. The number of rotatable bonds is 1. The summed E-state index contributed by atoms with van der Waals surface area (Å²) in [6, 6.07) is 0. The Balaban J connectivity index is 2.00. The number of halogens is 1. The summed E-state index contributed by atoms with van der Waals surface area (Å²) in [5, 5.41) is 0. The Kier molecular flexibility index (Phi) is 2.62. The van der Waals surface area contributed by atoms with Crippen LogP contribution in [-0.2, 0) is 4.74 Å². The molecule has 2 N–H and O–H groups in total. The van der Waals surface area contributed by atoms with Crippen LogP contribution in [0.15, 0.2) is 33.9 Å². The lowest BCUT2D eigenvalue weighted by Crippen LogP contribution is -2.51. The fourth-order valence-electron chi connectivity index (χ4n) is 2.05. The van der Waals surface area contributed by atoms with Crippen LogP contribution < -0.4 is 5.84 Å². The molecular weight excluding hydrogens is 286 g/mol. The van der Waals surface area contributed by atoms with Crippen molar-refractivity contribution in [1.82, 2.24) is 4.90 Å². The molecule has 7 heteroatoms. The zero-order valence-electron chi connectivity index (χ0n) is 9.21. The van der Waals surface area contributed by atoms with E-state index < -0.39 is 0 Å². The monoisotopic (exact) mass is 298 g/mol. The van der Waals surface area contributed by atoms with Gasteiger partial charge in [-0.2, -0.15) is 10.8 Å². The molecule has 0 aliphatic carbocycles. The van der Waals surface area contributed by atoms with Crippen LogP contribution in [0.25, 0.3) is 0 Å².